The van der Waals surface area contributed by atoms with E-state index in [1.807, 2.05) is 0 Å². The van der Waals surface area contributed by atoms with Crippen molar-refractivity contribution in [2.24, 2.45) is 5.92 Å². The average Bonchev–Trinajstić information content (AvgIpc) is 2.38. The van der Waals surface area contributed by atoms with Crippen molar-refractivity contribution in [3.8, 4) is 0 Å². The van der Waals surface area contributed by atoms with Gasteiger partial charge in [0, 0.05) is 32.9 Å². The van der Waals surface area contributed by atoms with Crippen LogP contribution in [0.5, 0.6) is 0 Å². The van der Waals surface area contributed by atoms with Gasteiger partial charge in [-0.25, -0.2) is 17.7 Å². The molecule has 0 fully saturated rings. The van der Waals surface area contributed by atoms with Gasteiger partial charge in [-0.2, -0.15) is 0 Å². The third kappa shape index (κ3) is 4.16. The minimum absolute atomic E-state index is 0.100. The molecule has 0 aromatic carbocycles. The van der Waals surface area contributed by atoms with Crippen molar-refractivity contribution in [3.63, 3.8) is 0 Å². The molecule has 1 rings (SSSR count). The Bertz CT molecular complexity index is 512. The van der Waals surface area contributed by atoms with Crippen LogP contribution in [0.15, 0.2) is 23.2 Å². The molecule has 0 radical (unpaired) electrons. The van der Waals surface area contributed by atoms with E-state index in [1.165, 1.54) is 26.4 Å². The molecule has 0 amide bonds. The van der Waals surface area contributed by atoms with Crippen molar-refractivity contribution < 1.29 is 13.5 Å². The molecule has 0 aliphatic carbocycles. The van der Waals surface area contributed by atoms with Gasteiger partial charge in [-0.3, -0.25) is 0 Å². The summed E-state index contributed by atoms with van der Waals surface area (Å²) in [4.78, 5) is 4.30. The highest BCUT2D eigenvalue weighted by molar-refractivity contribution is 7.89. The number of rotatable bonds is 7. The van der Waals surface area contributed by atoms with E-state index in [2.05, 4.69) is 24.1 Å². The van der Waals surface area contributed by atoms with Gasteiger partial charge < -0.3 is 10.4 Å². The number of sulfonamides is 1. The molecule has 1 aromatic heterocycles. The number of aromatic nitrogens is 1. The number of pyridine rings is 1. The van der Waals surface area contributed by atoms with Crippen molar-refractivity contribution in [1.82, 2.24) is 9.29 Å². The third-order valence-corrected chi connectivity index (χ3v) is 4.89. The van der Waals surface area contributed by atoms with Gasteiger partial charge in [0.05, 0.1) is 0 Å². The third-order valence-electron chi connectivity index (χ3n) is 3.09. The summed E-state index contributed by atoms with van der Waals surface area (Å²) in [5, 5.41) is 12.2. The summed E-state index contributed by atoms with van der Waals surface area (Å²) in [5.74, 6) is 0.948. The quantitative estimate of drug-likeness (QED) is 0.789. The molecular formula is C13H23N3O3S. The zero-order chi connectivity index (χ0) is 15.3. The van der Waals surface area contributed by atoms with E-state index < -0.39 is 10.0 Å². The molecule has 114 valence electrons. The number of hydrogen-bond acceptors (Lipinski definition) is 5. The summed E-state index contributed by atoms with van der Waals surface area (Å²) >= 11 is 0. The molecule has 6 nitrogen and oxygen atoms in total. The number of hydrogen-bond donors (Lipinski definition) is 2. The molecule has 1 unspecified atom stereocenters. The van der Waals surface area contributed by atoms with Gasteiger partial charge in [0.15, 0.2) is 0 Å². The smallest absolute Gasteiger partial charge is 0.244 e. The molecule has 0 aliphatic rings. The van der Waals surface area contributed by atoms with E-state index in [-0.39, 0.29) is 17.5 Å². The summed E-state index contributed by atoms with van der Waals surface area (Å²) in [6.07, 6.45) is 1.96. The lowest BCUT2D eigenvalue weighted by Crippen LogP contribution is -2.27. The standard InChI is InChI=1S/C13H23N3O3S/c1-10(2)12(7-8-17)15-13-6-5-11(9-14-13)20(18,19)16(3)4/h5-6,9-10,12,17H,7-8H2,1-4H3,(H,14,15). The predicted molar refractivity (Wildman–Crippen MR) is 79.1 cm³/mol. The van der Waals surface area contributed by atoms with Crippen molar-refractivity contribution in [1.29, 1.82) is 0 Å². The number of aliphatic hydroxyl groups excluding tert-OH is 1. The monoisotopic (exact) mass is 301 g/mol. The van der Waals surface area contributed by atoms with Crippen LogP contribution in [-0.2, 0) is 10.0 Å². The molecule has 7 heteroatoms. The van der Waals surface area contributed by atoms with Gasteiger partial charge in [0.2, 0.25) is 10.0 Å². The molecule has 1 atom stereocenters. The summed E-state index contributed by atoms with van der Waals surface area (Å²) in [6, 6.07) is 3.27. The van der Waals surface area contributed by atoms with Crippen LogP contribution in [0.3, 0.4) is 0 Å². The SMILES string of the molecule is CC(C)C(CCO)Nc1ccc(S(=O)(=O)N(C)C)cn1. The second-order valence-corrected chi connectivity index (χ2v) is 7.33. The predicted octanol–water partition coefficient (Wildman–Crippen LogP) is 1.15. The lowest BCUT2D eigenvalue weighted by Gasteiger charge is -2.22. The normalized spacial score (nSPS) is 13.8. The van der Waals surface area contributed by atoms with Crippen molar-refractivity contribution >= 4 is 15.8 Å². The van der Waals surface area contributed by atoms with Crippen LogP contribution in [-0.4, -0.2) is 49.6 Å². The fourth-order valence-electron chi connectivity index (χ4n) is 1.73. The van der Waals surface area contributed by atoms with E-state index in [4.69, 9.17) is 5.11 Å². The summed E-state index contributed by atoms with van der Waals surface area (Å²) in [7, 11) is -0.478. The molecule has 20 heavy (non-hydrogen) atoms. The van der Waals surface area contributed by atoms with Crippen LogP contribution in [0.4, 0.5) is 5.82 Å². The van der Waals surface area contributed by atoms with E-state index in [9.17, 15) is 8.42 Å². The lowest BCUT2D eigenvalue weighted by atomic mass is 10.0. The van der Waals surface area contributed by atoms with Gasteiger partial charge >= 0.3 is 0 Å². The fourth-order valence-corrected chi connectivity index (χ4v) is 2.58. The second kappa shape index (κ2) is 7.01. The first-order chi connectivity index (χ1) is 9.28. The Balaban J connectivity index is 2.86. The molecule has 0 aliphatic heterocycles. The highest BCUT2D eigenvalue weighted by atomic mass is 32.2. The van der Waals surface area contributed by atoms with Crippen LogP contribution in [0, 0.1) is 5.92 Å². The minimum atomic E-state index is -3.45. The minimum Gasteiger partial charge on any atom is -0.396 e. The summed E-state index contributed by atoms with van der Waals surface area (Å²) in [6.45, 7) is 4.21. The topological polar surface area (TPSA) is 82.5 Å². The number of nitrogens with zero attached hydrogens (tertiary/aromatic N) is 2. The maximum Gasteiger partial charge on any atom is 0.244 e. The molecule has 0 bridgehead atoms. The van der Waals surface area contributed by atoms with E-state index in [0.29, 0.717) is 18.2 Å². The zero-order valence-electron chi connectivity index (χ0n) is 12.4. The van der Waals surface area contributed by atoms with E-state index >= 15 is 0 Å². The van der Waals surface area contributed by atoms with Gasteiger partial charge in [0.25, 0.3) is 0 Å². The maximum absolute atomic E-state index is 11.9. The van der Waals surface area contributed by atoms with Crippen LogP contribution in [0.25, 0.3) is 0 Å². The Morgan fingerprint density at radius 1 is 1.35 bits per heavy atom. The highest BCUT2D eigenvalue weighted by Crippen LogP contribution is 2.16. The number of nitrogens with one attached hydrogen (secondary N) is 1. The molecule has 0 saturated heterocycles. The summed E-state index contributed by atoms with van der Waals surface area (Å²) in [5.41, 5.74) is 0. The highest BCUT2D eigenvalue weighted by Gasteiger charge is 2.18. The van der Waals surface area contributed by atoms with Gasteiger partial charge in [-0.15, -0.1) is 0 Å². The number of anilines is 1. The van der Waals surface area contributed by atoms with E-state index in [1.54, 1.807) is 6.07 Å². The van der Waals surface area contributed by atoms with Crippen molar-refractivity contribution in [2.45, 2.75) is 31.2 Å². The molecule has 1 aromatic rings. The van der Waals surface area contributed by atoms with Gasteiger partial charge in [0.1, 0.15) is 10.7 Å². The lowest BCUT2D eigenvalue weighted by molar-refractivity contribution is 0.267. The van der Waals surface area contributed by atoms with Crippen LogP contribution < -0.4 is 5.32 Å². The second-order valence-electron chi connectivity index (χ2n) is 5.17. The van der Waals surface area contributed by atoms with Gasteiger partial charge in [-0.1, -0.05) is 13.8 Å². The van der Waals surface area contributed by atoms with E-state index in [0.717, 1.165) is 4.31 Å². The Morgan fingerprint density at radius 3 is 2.40 bits per heavy atom. The van der Waals surface area contributed by atoms with Crippen LogP contribution in [0.1, 0.15) is 20.3 Å². The molecule has 0 saturated carbocycles. The molecule has 1 heterocycles. The van der Waals surface area contributed by atoms with Crippen molar-refractivity contribution in [3.05, 3.63) is 18.3 Å². The Labute approximate surface area is 120 Å². The van der Waals surface area contributed by atoms with Gasteiger partial charge in [-0.05, 0) is 24.5 Å². The fraction of sp³-hybridized carbons (Fsp3) is 0.615. The molecule has 0 spiro atoms. The Morgan fingerprint density at radius 2 is 2.00 bits per heavy atom. The maximum atomic E-state index is 11.9. The Kier molecular flexibility index (Phi) is 5.91. The largest absolute Gasteiger partial charge is 0.396 e. The molecule has 2 N–H and O–H groups in total. The zero-order valence-corrected chi connectivity index (χ0v) is 13.2. The van der Waals surface area contributed by atoms with Crippen LogP contribution in [0.2, 0.25) is 0 Å². The number of aliphatic hydroxyl groups is 1. The first-order valence-corrected chi connectivity index (χ1v) is 7.99. The first kappa shape index (κ1) is 16.9. The van der Waals surface area contributed by atoms with Crippen molar-refractivity contribution in [2.75, 3.05) is 26.0 Å². The first-order valence-electron chi connectivity index (χ1n) is 6.55. The average molecular weight is 301 g/mol. The molecular weight excluding hydrogens is 278 g/mol. The summed E-state index contributed by atoms with van der Waals surface area (Å²) < 4.78 is 25.0. The Hall–Kier alpha value is -1.18. The van der Waals surface area contributed by atoms with Crippen LogP contribution >= 0.6 is 0 Å².